The maximum atomic E-state index is 6.18. The van der Waals surface area contributed by atoms with Crippen molar-refractivity contribution >= 4 is 23.4 Å². The Morgan fingerprint density at radius 1 is 1.25 bits per heavy atom. The molecule has 0 aliphatic heterocycles. The van der Waals surface area contributed by atoms with Crippen LogP contribution in [0.1, 0.15) is 18.5 Å². The van der Waals surface area contributed by atoms with Crippen LogP contribution in [0.15, 0.2) is 47.6 Å². The minimum atomic E-state index is -0.0341. The van der Waals surface area contributed by atoms with Gasteiger partial charge in [-0.3, -0.25) is 0 Å². The Bertz CT molecular complexity index is 531. The number of aromatic nitrogens is 1. The van der Waals surface area contributed by atoms with E-state index < -0.39 is 0 Å². The van der Waals surface area contributed by atoms with Crippen LogP contribution in [0.4, 0.5) is 0 Å². The van der Waals surface area contributed by atoms with E-state index in [1.807, 2.05) is 43.3 Å². The van der Waals surface area contributed by atoms with Crippen LogP contribution < -0.4 is 10.5 Å². The van der Waals surface area contributed by atoms with Crippen LogP contribution in [-0.2, 0) is 0 Å². The second kappa shape index (κ2) is 7.53. The van der Waals surface area contributed by atoms with E-state index in [-0.39, 0.29) is 6.04 Å². The highest BCUT2D eigenvalue weighted by Gasteiger charge is 2.07. The van der Waals surface area contributed by atoms with Crippen molar-refractivity contribution in [3.05, 3.63) is 53.2 Å². The van der Waals surface area contributed by atoms with Crippen molar-refractivity contribution in [2.24, 2.45) is 5.73 Å². The predicted molar refractivity (Wildman–Crippen MR) is 84.5 cm³/mol. The van der Waals surface area contributed by atoms with Gasteiger partial charge in [-0.15, -0.1) is 11.8 Å². The molecular weight excluding hydrogens is 292 g/mol. The fourth-order valence-corrected chi connectivity index (χ4v) is 2.64. The molecule has 0 amide bonds. The summed E-state index contributed by atoms with van der Waals surface area (Å²) in [5.74, 6) is 1.64. The van der Waals surface area contributed by atoms with Crippen LogP contribution in [-0.4, -0.2) is 17.3 Å². The molecule has 0 aliphatic carbocycles. The van der Waals surface area contributed by atoms with Gasteiger partial charge in [-0.2, -0.15) is 0 Å². The topological polar surface area (TPSA) is 48.1 Å². The molecule has 0 bridgehead atoms. The van der Waals surface area contributed by atoms with E-state index in [4.69, 9.17) is 22.1 Å². The average Bonchev–Trinajstić information content (AvgIpc) is 2.47. The Labute approximate surface area is 128 Å². The average molecular weight is 309 g/mol. The number of thioether (sulfide) groups is 1. The van der Waals surface area contributed by atoms with E-state index in [1.54, 1.807) is 18.0 Å². The molecular formula is C15H17ClN2OS. The van der Waals surface area contributed by atoms with E-state index in [9.17, 15) is 0 Å². The number of hydrogen-bond acceptors (Lipinski definition) is 4. The van der Waals surface area contributed by atoms with Crippen molar-refractivity contribution < 1.29 is 4.74 Å². The molecule has 0 aliphatic rings. The quantitative estimate of drug-likeness (QED) is 0.822. The Morgan fingerprint density at radius 2 is 2.00 bits per heavy atom. The first-order valence-electron chi connectivity index (χ1n) is 6.41. The number of hydrogen-bond donors (Lipinski definition) is 1. The molecule has 0 radical (unpaired) electrons. The smallest absolute Gasteiger partial charge is 0.119 e. The molecule has 2 rings (SSSR count). The maximum absolute atomic E-state index is 6.18. The number of rotatable bonds is 6. The third kappa shape index (κ3) is 4.40. The third-order valence-corrected chi connectivity index (χ3v) is 4.02. The molecule has 20 heavy (non-hydrogen) atoms. The molecule has 5 heteroatoms. The van der Waals surface area contributed by atoms with Crippen molar-refractivity contribution in [3.63, 3.8) is 0 Å². The molecule has 2 aromatic rings. The van der Waals surface area contributed by atoms with Crippen LogP contribution in [0, 0.1) is 0 Å². The van der Waals surface area contributed by atoms with Crippen LogP contribution >= 0.6 is 23.4 Å². The van der Waals surface area contributed by atoms with Gasteiger partial charge in [-0.25, -0.2) is 4.98 Å². The summed E-state index contributed by atoms with van der Waals surface area (Å²) in [4.78, 5) is 4.24. The van der Waals surface area contributed by atoms with Crippen LogP contribution in [0.25, 0.3) is 0 Å². The lowest BCUT2D eigenvalue weighted by atomic mass is 10.1. The summed E-state index contributed by atoms with van der Waals surface area (Å²) in [7, 11) is 0. The number of ether oxygens (including phenoxy) is 1. The van der Waals surface area contributed by atoms with Gasteiger partial charge >= 0.3 is 0 Å². The van der Waals surface area contributed by atoms with Gasteiger partial charge in [0, 0.05) is 18.0 Å². The molecule has 1 aromatic carbocycles. The van der Waals surface area contributed by atoms with Gasteiger partial charge < -0.3 is 10.5 Å². The Balaban J connectivity index is 1.90. The first-order chi connectivity index (χ1) is 9.69. The van der Waals surface area contributed by atoms with Gasteiger partial charge in [0.15, 0.2) is 0 Å². The summed E-state index contributed by atoms with van der Waals surface area (Å²) in [6, 6.07) is 11.6. The van der Waals surface area contributed by atoms with Crippen molar-refractivity contribution in [2.45, 2.75) is 18.0 Å². The van der Waals surface area contributed by atoms with E-state index in [0.29, 0.717) is 11.6 Å². The van der Waals surface area contributed by atoms with E-state index in [2.05, 4.69) is 4.98 Å². The van der Waals surface area contributed by atoms with Crippen LogP contribution in [0.3, 0.4) is 0 Å². The highest BCUT2D eigenvalue weighted by atomic mass is 35.5. The first-order valence-corrected chi connectivity index (χ1v) is 7.78. The zero-order chi connectivity index (χ0) is 14.4. The minimum Gasteiger partial charge on any atom is -0.494 e. The lowest BCUT2D eigenvalue weighted by Gasteiger charge is -2.12. The third-order valence-electron chi connectivity index (χ3n) is 2.73. The SMILES string of the molecule is CCOc1ccc(C(N)CSc2ccc(Cl)cn2)cc1. The van der Waals surface area contributed by atoms with E-state index in [0.717, 1.165) is 22.1 Å². The summed E-state index contributed by atoms with van der Waals surface area (Å²) >= 11 is 7.42. The Morgan fingerprint density at radius 3 is 2.60 bits per heavy atom. The molecule has 0 saturated carbocycles. The number of benzene rings is 1. The second-order valence-corrected chi connectivity index (χ2v) is 5.71. The fourth-order valence-electron chi connectivity index (χ4n) is 1.70. The predicted octanol–water partition coefficient (Wildman–Crippen LogP) is 3.93. The van der Waals surface area contributed by atoms with Gasteiger partial charge in [0.1, 0.15) is 5.75 Å². The summed E-state index contributed by atoms with van der Waals surface area (Å²) in [5, 5.41) is 1.57. The number of nitrogens with zero attached hydrogens (tertiary/aromatic N) is 1. The highest BCUT2D eigenvalue weighted by molar-refractivity contribution is 7.99. The molecule has 0 spiro atoms. The van der Waals surface area contributed by atoms with E-state index in [1.165, 1.54) is 0 Å². The summed E-state index contributed by atoms with van der Waals surface area (Å²) < 4.78 is 5.41. The van der Waals surface area contributed by atoms with Gasteiger partial charge in [0.25, 0.3) is 0 Å². The largest absolute Gasteiger partial charge is 0.494 e. The maximum Gasteiger partial charge on any atom is 0.119 e. The second-order valence-electron chi connectivity index (χ2n) is 4.23. The standard InChI is InChI=1S/C15H17ClN2OS/c1-2-19-13-6-3-11(4-7-13)14(17)10-20-15-8-5-12(16)9-18-15/h3-9,14H,2,10,17H2,1H3. The van der Waals surface area contributed by atoms with Crippen molar-refractivity contribution in [2.75, 3.05) is 12.4 Å². The highest BCUT2D eigenvalue weighted by Crippen LogP contribution is 2.24. The number of nitrogens with two attached hydrogens (primary N) is 1. The fraction of sp³-hybridized carbons (Fsp3) is 0.267. The van der Waals surface area contributed by atoms with Crippen molar-refractivity contribution in [3.8, 4) is 5.75 Å². The lowest BCUT2D eigenvalue weighted by Crippen LogP contribution is -2.12. The molecule has 3 nitrogen and oxygen atoms in total. The normalized spacial score (nSPS) is 12.2. The van der Waals surface area contributed by atoms with E-state index >= 15 is 0 Å². The molecule has 0 saturated heterocycles. The molecule has 1 unspecified atom stereocenters. The zero-order valence-electron chi connectivity index (χ0n) is 11.3. The lowest BCUT2D eigenvalue weighted by molar-refractivity contribution is 0.340. The molecule has 2 N–H and O–H groups in total. The monoisotopic (exact) mass is 308 g/mol. The Kier molecular flexibility index (Phi) is 5.71. The summed E-state index contributed by atoms with van der Waals surface area (Å²) in [6.45, 7) is 2.64. The van der Waals surface area contributed by atoms with Crippen molar-refractivity contribution in [1.29, 1.82) is 0 Å². The summed E-state index contributed by atoms with van der Waals surface area (Å²) in [6.07, 6.45) is 1.65. The molecule has 1 heterocycles. The molecule has 106 valence electrons. The molecule has 0 fully saturated rings. The molecule has 1 atom stereocenters. The number of halogens is 1. The van der Waals surface area contributed by atoms with Crippen LogP contribution in [0.2, 0.25) is 5.02 Å². The van der Waals surface area contributed by atoms with Crippen molar-refractivity contribution in [1.82, 2.24) is 4.98 Å². The first kappa shape index (κ1) is 15.2. The zero-order valence-corrected chi connectivity index (χ0v) is 12.8. The minimum absolute atomic E-state index is 0.0341. The van der Waals surface area contributed by atoms with Gasteiger partial charge in [-0.1, -0.05) is 23.7 Å². The van der Waals surface area contributed by atoms with Crippen LogP contribution in [0.5, 0.6) is 5.75 Å². The summed E-state index contributed by atoms with van der Waals surface area (Å²) in [5.41, 5.74) is 7.27. The molecule has 1 aromatic heterocycles. The van der Waals surface area contributed by atoms with Gasteiger partial charge in [0.05, 0.1) is 16.7 Å². The number of pyridine rings is 1. The Hall–Kier alpha value is -1.23. The van der Waals surface area contributed by atoms with Gasteiger partial charge in [-0.05, 0) is 36.8 Å². The van der Waals surface area contributed by atoms with Gasteiger partial charge in [0.2, 0.25) is 0 Å².